The van der Waals surface area contributed by atoms with Crippen LogP contribution in [0.15, 0.2) is 12.4 Å². The Hall–Kier alpha value is -0.660. The highest BCUT2D eigenvalue weighted by Crippen LogP contribution is 2.10. The van der Waals surface area contributed by atoms with E-state index >= 15 is 0 Å². The van der Waals surface area contributed by atoms with Crippen LogP contribution in [0.3, 0.4) is 0 Å². The van der Waals surface area contributed by atoms with E-state index in [0.717, 1.165) is 6.54 Å². The molecule has 0 aromatic rings. The first-order valence-corrected chi connectivity index (χ1v) is 7.02. The average Bonchev–Trinajstić information content (AvgIpc) is 2.31. The van der Waals surface area contributed by atoms with Crippen molar-refractivity contribution in [3.8, 4) is 0 Å². The summed E-state index contributed by atoms with van der Waals surface area (Å²) >= 11 is 0. The molecule has 0 unspecified atom stereocenters. The molecule has 2 nitrogen and oxygen atoms in total. The van der Waals surface area contributed by atoms with Crippen LogP contribution in [0.5, 0.6) is 0 Å². The molecule has 2 heteroatoms. The highest BCUT2D eigenvalue weighted by Gasteiger charge is 1.91. The second kappa shape index (κ2) is 14.3. The normalized spacial score (nSPS) is 11.1. The van der Waals surface area contributed by atoms with Gasteiger partial charge in [0.25, 0.3) is 0 Å². The van der Waals surface area contributed by atoms with Crippen LogP contribution in [-0.4, -0.2) is 6.54 Å². The van der Waals surface area contributed by atoms with Crippen LogP contribution in [0.4, 0.5) is 0 Å². The lowest BCUT2D eigenvalue weighted by molar-refractivity contribution is 0.553. The summed E-state index contributed by atoms with van der Waals surface area (Å²) in [6, 6.07) is 0. The van der Waals surface area contributed by atoms with Crippen molar-refractivity contribution in [3.05, 3.63) is 12.4 Å². The minimum absolute atomic E-state index is 1.06. The largest absolute Gasteiger partial charge is 0.403 e. The minimum atomic E-state index is 1.06. The average molecular weight is 226 g/mol. The van der Waals surface area contributed by atoms with Gasteiger partial charge in [0.2, 0.25) is 0 Å². The summed E-state index contributed by atoms with van der Waals surface area (Å²) in [4.78, 5) is 0. The summed E-state index contributed by atoms with van der Waals surface area (Å²) in [6.07, 6.45) is 17.3. The summed E-state index contributed by atoms with van der Waals surface area (Å²) in [7, 11) is 0. The van der Waals surface area contributed by atoms with Crippen molar-refractivity contribution in [2.75, 3.05) is 6.54 Å². The van der Waals surface area contributed by atoms with Gasteiger partial charge in [0, 0.05) is 18.9 Å². The molecule has 0 fully saturated rings. The molecule has 0 amide bonds. The standard InChI is InChI=1S/C14H30N2/c1-2-3-4-5-6-7-8-9-10-11-13-16-14-12-15/h12,14,16H,2-11,13,15H2,1H3/b14-12+. The van der Waals surface area contributed by atoms with Crippen LogP contribution in [-0.2, 0) is 0 Å². The second-order valence-corrected chi connectivity index (χ2v) is 4.50. The molecule has 16 heavy (non-hydrogen) atoms. The van der Waals surface area contributed by atoms with E-state index in [1.54, 1.807) is 6.20 Å². The molecule has 0 aliphatic carbocycles. The van der Waals surface area contributed by atoms with E-state index in [2.05, 4.69) is 12.2 Å². The summed E-state index contributed by atoms with van der Waals surface area (Å²) < 4.78 is 0. The smallest absolute Gasteiger partial charge is 0.0141 e. The third-order valence-electron chi connectivity index (χ3n) is 2.89. The third-order valence-corrected chi connectivity index (χ3v) is 2.89. The lowest BCUT2D eigenvalue weighted by atomic mass is 10.1. The Morgan fingerprint density at radius 3 is 1.81 bits per heavy atom. The Kier molecular flexibility index (Phi) is 13.7. The predicted molar refractivity (Wildman–Crippen MR) is 73.2 cm³/mol. The fourth-order valence-corrected chi connectivity index (χ4v) is 1.87. The molecule has 0 radical (unpaired) electrons. The summed E-state index contributed by atoms with van der Waals surface area (Å²) in [5, 5.41) is 3.15. The van der Waals surface area contributed by atoms with Gasteiger partial charge in [-0.25, -0.2) is 0 Å². The van der Waals surface area contributed by atoms with Gasteiger partial charge in [0.05, 0.1) is 0 Å². The molecule has 0 aromatic heterocycles. The van der Waals surface area contributed by atoms with E-state index in [1.165, 1.54) is 64.2 Å². The van der Waals surface area contributed by atoms with Gasteiger partial charge in [-0.2, -0.15) is 0 Å². The van der Waals surface area contributed by atoms with E-state index in [4.69, 9.17) is 5.73 Å². The lowest BCUT2D eigenvalue weighted by Gasteiger charge is -2.02. The summed E-state index contributed by atoms with van der Waals surface area (Å²) in [6.45, 7) is 3.33. The topological polar surface area (TPSA) is 38.0 Å². The molecule has 0 heterocycles. The van der Waals surface area contributed by atoms with Crippen molar-refractivity contribution < 1.29 is 0 Å². The first-order valence-electron chi connectivity index (χ1n) is 7.02. The van der Waals surface area contributed by atoms with E-state index in [1.807, 2.05) is 6.20 Å². The molecule has 96 valence electrons. The van der Waals surface area contributed by atoms with E-state index < -0.39 is 0 Å². The quantitative estimate of drug-likeness (QED) is 0.495. The Labute approximate surface area is 102 Å². The van der Waals surface area contributed by atoms with Gasteiger partial charge in [0.1, 0.15) is 0 Å². The van der Waals surface area contributed by atoms with Crippen LogP contribution in [0.25, 0.3) is 0 Å². The minimum Gasteiger partial charge on any atom is -0.403 e. The maximum absolute atomic E-state index is 5.22. The molecule has 3 N–H and O–H groups in total. The molecule has 0 saturated heterocycles. The Morgan fingerprint density at radius 1 is 0.812 bits per heavy atom. The molecule has 0 saturated carbocycles. The second-order valence-electron chi connectivity index (χ2n) is 4.50. The molecule has 0 spiro atoms. The Balaban J connectivity index is 2.88. The fraction of sp³-hybridized carbons (Fsp3) is 0.857. The first-order chi connectivity index (χ1) is 7.91. The van der Waals surface area contributed by atoms with Crippen LogP contribution >= 0.6 is 0 Å². The molecule has 0 atom stereocenters. The van der Waals surface area contributed by atoms with Crippen LogP contribution in [0.2, 0.25) is 0 Å². The zero-order valence-corrected chi connectivity index (χ0v) is 11.0. The van der Waals surface area contributed by atoms with Gasteiger partial charge in [-0.1, -0.05) is 64.7 Å². The predicted octanol–water partition coefficient (Wildman–Crippen LogP) is 3.93. The first kappa shape index (κ1) is 15.3. The highest BCUT2D eigenvalue weighted by molar-refractivity contribution is 4.71. The lowest BCUT2D eigenvalue weighted by Crippen LogP contribution is -2.07. The number of hydrogen-bond acceptors (Lipinski definition) is 2. The third kappa shape index (κ3) is 13.3. The maximum atomic E-state index is 5.22. The number of rotatable bonds is 12. The molecular formula is C14H30N2. The van der Waals surface area contributed by atoms with Crippen molar-refractivity contribution in [1.29, 1.82) is 0 Å². The molecule has 0 bridgehead atoms. The zero-order chi connectivity index (χ0) is 11.9. The number of nitrogens with two attached hydrogens (primary N) is 1. The highest BCUT2D eigenvalue weighted by atomic mass is 14.8. The van der Waals surface area contributed by atoms with Gasteiger partial charge in [-0.3, -0.25) is 0 Å². The molecule has 0 aliphatic rings. The Morgan fingerprint density at radius 2 is 1.31 bits per heavy atom. The fourth-order valence-electron chi connectivity index (χ4n) is 1.87. The monoisotopic (exact) mass is 226 g/mol. The van der Waals surface area contributed by atoms with Gasteiger partial charge in [0.15, 0.2) is 0 Å². The van der Waals surface area contributed by atoms with Crippen molar-refractivity contribution >= 4 is 0 Å². The summed E-state index contributed by atoms with van der Waals surface area (Å²) in [5.41, 5.74) is 5.22. The molecule has 0 aliphatic heterocycles. The van der Waals surface area contributed by atoms with Gasteiger partial charge < -0.3 is 11.1 Å². The summed E-state index contributed by atoms with van der Waals surface area (Å²) in [5.74, 6) is 0. The Bertz CT molecular complexity index is 144. The van der Waals surface area contributed by atoms with E-state index in [0.29, 0.717) is 0 Å². The van der Waals surface area contributed by atoms with Crippen LogP contribution < -0.4 is 11.1 Å². The van der Waals surface area contributed by atoms with Crippen LogP contribution in [0.1, 0.15) is 71.1 Å². The molecular weight excluding hydrogens is 196 g/mol. The number of unbranched alkanes of at least 4 members (excludes halogenated alkanes) is 9. The number of nitrogens with one attached hydrogen (secondary N) is 1. The zero-order valence-electron chi connectivity index (χ0n) is 11.0. The van der Waals surface area contributed by atoms with E-state index in [9.17, 15) is 0 Å². The van der Waals surface area contributed by atoms with Crippen molar-refractivity contribution in [2.45, 2.75) is 71.1 Å². The van der Waals surface area contributed by atoms with E-state index in [-0.39, 0.29) is 0 Å². The van der Waals surface area contributed by atoms with Crippen molar-refractivity contribution in [3.63, 3.8) is 0 Å². The van der Waals surface area contributed by atoms with Crippen LogP contribution in [0, 0.1) is 0 Å². The molecule has 0 aromatic carbocycles. The maximum Gasteiger partial charge on any atom is 0.0141 e. The van der Waals surface area contributed by atoms with Crippen molar-refractivity contribution in [2.24, 2.45) is 5.73 Å². The van der Waals surface area contributed by atoms with Gasteiger partial charge >= 0.3 is 0 Å². The number of hydrogen-bond donors (Lipinski definition) is 2. The van der Waals surface area contributed by atoms with Crippen molar-refractivity contribution in [1.82, 2.24) is 5.32 Å². The van der Waals surface area contributed by atoms with Gasteiger partial charge in [-0.05, 0) is 6.42 Å². The molecule has 0 rings (SSSR count). The SMILES string of the molecule is CCCCCCCCCCCCN/C=C/N. The van der Waals surface area contributed by atoms with Gasteiger partial charge in [-0.15, -0.1) is 0 Å².